The van der Waals surface area contributed by atoms with Crippen LogP contribution in [0.15, 0.2) is 24.3 Å². The maximum absolute atomic E-state index is 10.4. The van der Waals surface area contributed by atoms with Gasteiger partial charge in [-0.2, -0.15) is 0 Å². The van der Waals surface area contributed by atoms with E-state index in [9.17, 15) is 8.42 Å². The summed E-state index contributed by atoms with van der Waals surface area (Å²) in [6.07, 6.45) is 2.52. The lowest BCUT2D eigenvalue weighted by atomic mass is 10.3. The molecule has 4 nitrogen and oxygen atoms in total. The summed E-state index contributed by atoms with van der Waals surface area (Å²) >= 11 is 0. The highest BCUT2D eigenvalue weighted by atomic mass is 32.2. The van der Waals surface area contributed by atoms with E-state index in [-0.39, 0.29) is 0 Å². The average Bonchev–Trinajstić information content (AvgIpc) is 2.99. The number of rotatable bonds is 5. The summed E-state index contributed by atoms with van der Waals surface area (Å²) in [6, 6.07) is 6.91. The zero-order chi connectivity index (χ0) is 10.7. The molecule has 82 valence electrons. The van der Waals surface area contributed by atoms with Crippen LogP contribution in [-0.2, 0) is 10.9 Å². The summed E-state index contributed by atoms with van der Waals surface area (Å²) in [6.45, 7) is 0.766. The zero-order valence-corrected chi connectivity index (χ0v) is 9.07. The second-order valence-electron chi connectivity index (χ2n) is 3.65. The Morgan fingerprint density at radius 3 is 2.47 bits per heavy atom. The first-order chi connectivity index (χ1) is 7.24. The third-order valence-corrected chi connectivity index (χ3v) is 2.70. The molecule has 1 aliphatic rings. The lowest BCUT2D eigenvalue weighted by Crippen LogP contribution is -1.99. The van der Waals surface area contributed by atoms with Gasteiger partial charge < -0.3 is 4.74 Å². The van der Waals surface area contributed by atoms with E-state index < -0.39 is 10.9 Å². The number of nitrogens with one attached hydrogen (secondary N) is 1. The third kappa shape index (κ3) is 3.43. The first-order valence-corrected chi connectivity index (χ1v) is 6.06. The summed E-state index contributed by atoms with van der Waals surface area (Å²) in [4.78, 5) is 0. The van der Waals surface area contributed by atoms with Crippen LogP contribution in [0, 0.1) is 5.92 Å². The Balaban J connectivity index is 1.90. The van der Waals surface area contributed by atoms with Gasteiger partial charge in [0.1, 0.15) is 5.75 Å². The van der Waals surface area contributed by atoms with E-state index in [4.69, 9.17) is 4.74 Å². The zero-order valence-electron chi connectivity index (χ0n) is 8.18. The van der Waals surface area contributed by atoms with Gasteiger partial charge in [-0.15, -0.1) is 0 Å². The highest BCUT2D eigenvalue weighted by Crippen LogP contribution is 2.29. The second-order valence-corrected chi connectivity index (χ2v) is 4.39. The molecule has 5 heteroatoms. The van der Waals surface area contributed by atoms with Crippen LogP contribution in [0.1, 0.15) is 12.8 Å². The highest BCUT2D eigenvalue weighted by molar-refractivity contribution is 7.73. The van der Waals surface area contributed by atoms with E-state index in [0.717, 1.165) is 18.3 Å². The predicted molar refractivity (Wildman–Crippen MR) is 58.6 cm³/mol. The molecule has 0 bridgehead atoms. The van der Waals surface area contributed by atoms with Crippen LogP contribution in [0.4, 0.5) is 5.69 Å². The van der Waals surface area contributed by atoms with Crippen LogP contribution in [-0.4, -0.2) is 15.0 Å². The standard InChI is InChI=1S/C10H13NO3S/c12-15(13)11-9-3-5-10(6-4-9)14-7-8-1-2-8/h3-6,8,15H,1-2,7H2,(H,11,12,13). The normalized spacial score (nSPS) is 15.3. The van der Waals surface area contributed by atoms with Gasteiger partial charge in [-0.25, -0.2) is 8.42 Å². The van der Waals surface area contributed by atoms with Crippen molar-refractivity contribution >= 4 is 16.6 Å². The minimum atomic E-state index is -2.59. The second kappa shape index (κ2) is 4.53. The summed E-state index contributed by atoms with van der Waals surface area (Å²) < 4.78 is 28.6. The number of benzene rings is 1. The fourth-order valence-electron chi connectivity index (χ4n) is 1.23. The van der Waals surface area contributed by atoms with Crippen LogP contribution in [0.5, 0.6) is 5.75 Å². The predicted octanol–water partition coefficient (Wildman–Crippen LogP) is 1.41. The quantitative estimate of drug-likeness (QED) is 0.748. The van der Waals surface area contributed by atoms with Gasteiger partial charge >= 0.3 is 0 Å². The maximum atomic E-state index is 10.4. The molecule has 0 spiro atoms. The van der Waals surface area contributed by atoms with E-state index in [1.807, 2.05) is 0 Å². The summed E-state index contributed by atoms with van der Waals surface area (Å²) in [5.41, 5.74) is 0.560. The van der Waals surface area contributed by atoms with Crippen molar-refractivity contribution in [2.45, 2.75) is 12.8 Å². The van der Waals surface area contributed by atoms with Crippen LogP contribution in [0.25, 0.3) is 0 Å². The minimum absolute atomic E-state index is 0.560. The van der Waals surface area contributed by atoms with Crippen molar-refractivity contribution in [3.8, 4) is 5.75 Å². The Labute approximate surface area is 90.3 Å². The molecule has 0 aliphatic heterocycles. The van der Waals surface area contributed by atoms with Gasteiger partial charge in [0, 0.05) is 5.69 Å². The third-order valence-electron chi connectivity index (χ3n) is 2.26. The fraction of sp³-hybridized carbons (Fsp3) is 0.400. The van der Waals surface area contributed by atoms with Crippen molar-refractivity contribution in [3.05, 3.63) is 24.3 Å². The Morgan fingerprint density at radius 1 is 1.27 bits per heavy atom. The van der Waals surface area contributed by atoms with Crippen LogP contribution in [0.3, 0.4) is 0 Å². The molecule has 0 unspecified atom stereocenters. The van der Waals surface area contributed by atoms with Crippen molar-refractivity contribution in [3.63, 3.8) is 0 Å². The minimum Gasteiger partial charge on any atom is -0.493 e. The molecule has 0 atom stereocenters. The number of hydrogen-bond acceptors (Lipinski definition) is 3. The van der Waals surface area contributed by atoms with Crippen molar-refractivity contribution < 1.29 is 13.2 Å². The topological polar surface area (TPSA) is 55.4 Å². The highest BCUT2D eigenvalue weighted by Gasteiger charge is 2.21. The first kappa shape index (κ1) is 10.3. The molecular weight excluding hydrogens is 214 g/mol. The monoisotopic (exact) mass is 227 g/mol. The van der Waals surface area contributed by atoms with Gasteiger partial charge in [0.2, 0.25) is 10.9 Å². The van der Waals surface area contributed by atoms with Crippen molar-refractivity contribution in [1.29, 1.82) is 0 Å². The smallest absolute Gasteiger partial charge is 0.222 e. The van der Waals surface area contributed by atoms with Gasteiger partial charge in [-0.1, -0.05) is 0 Å². The molecule has 0 aromatic heterocycles. The van der Waals surface area contributed by atoms with E-state index >= 15 is 0 Å². The van der Waals surface area contributed by atoms with E-state index in [2.05, 4.69) is 4.72 Å². The molecule has 1 aromatic rings. The van der Waals surface area contributed by atoms with Gasteiger partial charge in [-0.05, 0) is 43.0 Å². The molecule has 2 rings (SSSR count). The fourth-order valence-corrected chi connectivity index (χ4v) is 1.59. The number of hydrogen-bond donors (Lipinski definition) is 2. The van der Waals surface area contributed by atoms with Gasteiger partial charge in [0.25, 0.3) is 0 Å². The van der Waals surface area contributed by atoms with Crippen LogP contribution >= 0.6 is 0 Å². The maximum Gasteiger partial charge on any atom is 0.222 e. The summed E-state index contributed by atoms with van der Waals surface area (Å²) in [7, 11) is -2.59. The van der Waals surface area contributed by atoms with Crippen LogP contribution in [0.2, 0.25) is 0 Å². The number of thiol groups is 1. The van der Waals surface area contributed by atoms with Crippen LogP contribution < -0.4 is 9.46 Å². The van der Waals surface area contributed by atoms with E-state index in [1.54, 1.807) is 24.3 Å². The molecule has 0 heterocycles. The van der Waals surface area contributed by atoms with Gasteiger partial charge in [-0.3, -0.25) is 4.72 Å². The molecule has 0 amide bonds. The molecule has 1 fully saturated rings. The van der Waals surface area contributed by atoms with Gasteiger partial charge in [0.05, 0.1) is 6.61 Å². The van der Waals surface area contributed by atoms with Crippen molar-refractivity contribution in [1.82, 2.24) is 0 Å². The number of anilines is 1. The number of ether oxygens (including phenoxy) is 1. The molecule has 0 radical (unpaired) electrons. The van der Waals surface area contributed by atoms with E-state index in [1.165, 1.54) is 12.8 Å². The molecule has 1 aromatic carbocycles. The molecule has 1 aliphatic carbocycles. The Kier molecular flexibility index (Phi) is 3.11. The largest absolute Gasteiger partial charge is 0.493 e. The SMILES string of the molecule is O=[SH](=O)Nc1ccc(OCC2CC2)cc1. The lowest BCUT2D eigenvalue weighted by Gasteiger charge is -2.05. The summed E-state index contributed by atoms with van der Waals surface area (Å²) in [5, 5.41) is 0. The Hall–Kier alpha value is -1.23. The molecule has 0 saturated heterocycles. The lowest BCUT2D eigenvalue weighted by molar-refractivity contribution is 0.300. The average molecular weight is 227 g/mol. The van der Waals surface area contributed by atoms with Crippen molar-refractivity contribution in [2.75, 3.05) is 11.3 Å². The summed E-state index contributed by atoms with van der Waals surface area (Å²) in [5.74, 6) is 1.51. The Bertz CT molecular complexity index is 388. The molecule has 1 N–H and O–H groups in total. The van der Waals surface area contributed by atoms with Crippen molar-refractivity contribution in [2.24, 2.45) is 5.92 Å². The van der Waals surface area contributed by atoms with Gasteiger partial charge in [0.15, 0.2) is 0 Å². The molecule has 15 heavy (non-hydrogen) atoms. The molecule has 1 saturated carbocycles. The van der Waals surface area contributed by atoms with E-state index in [0.29, 0.717) is 5.69 Å². The molecular formula is C10H13NO3S. The first-order valence-electron chi connectivity index (χ1n) is 4.88. The Morgan fingerprint density at radius 2 is 1.93 bits per heavy atom.